The molecule has 0 amide bonds. The minimum absolute atomic E-state index is 0. The first-order chi connectivity index (χ1) is 12.3. The molecular weight excluding hydrogens is 439 g/mol. The van der Waals surface area contributed by atoms with Gasteiger partial charge >= 0.3 is 0 Å². The summed E-state index contributed by atoms with van der Waals surface area (Å²) in [5.74, 6) is 2.09. The van der Waals surface area contributed by atoms with Crippen LogP contribution in [0.2, 0.25) is 0 Å². The fourth-order valence-corrected chi connectivity index (χ4v) is 4.49. The van der Waals surface area contributed by atoms with Crippen molar-refractivity contribution in [1.82, 2.24) is 24.8 Å². The Bertz CT molecular complexity index is 749. The number of aryl methyl sites for hydroxylation is 1. The maximum absolute atomic E-state index is 4.51. The molecule has 7 heteroatoms. The van der Waals surface area contributed by atoms with Gasteiger partial charge in [-0.3, -0.25) is 9.39 Å². The van der Waals surface area contributed by atoms with Gasteiger partial charge in [-0.1, -0.05) is 18.9 Å². The van der Waals surface area contributed by atoms with E-state index in [2.05, 4.69) is 29.8 Å². The van der Waals surface area contributed by atoms with Crippen LogP contribution >= 0.6 is 24.0 Å². The van der Waals surface area contributed by atoms with Gasteiger partial charge in [0.25, 0.3) is 0 Å². The lowest BCUT2D eigenvalue weighted by Crippen LogP contribution is -2.41. The van der Waals surface area contributed by atoms with Gasteiger partial charge < -0.3 is 10.2 Å². The molecule has 0 unspecified atom stereocenters. The predicted octanol–water partition coefficient (Wildman–Crippen LogP) is 3.12. The molecule has 1 saturated heterocycles. The van der Waals surface area contributed by atoms with E-state index < -0.39 is 0 Å². The molecule has 0 bridgehead atoms. The van der Waals surface area contributed by atoms with Gasteiger partial charge in [0, 0.05) is 39.3 Å². The number of pyridine rings is 1. The number of rotatable bonds is 4. The Kier molecular flexibility index (Phi) is 6.37. The number of nitrogens with zero attached hydrogens (tertiary/aromatic N) is 5. The Morgan fingerprint density at radius 1 is 1.23 bits per heavy atom. The molecule has 0 aromatic carbocycles. The molecule has 1 saturated carbocycles. The van der Waals surface area contributed by atoms with Crippen molar-refractivity contribution in [3.63, 3.8) is 0 Å². The van der Waals surface area contributed by atoms with Crippen molar-refractivity contribution in [3.8, 4) is 0 Å². The largest absolute Gasteiger partial charge is 0.356 e. The molecule has 2 fully saturated rings. The minimum Gasteiger partial charge on any atom is -0.356 e. The highest BCUT2D eigenvalue weighted by Crippen LogP contribution is 2.45. The van der Waals surface area contributed by atoms with Gasteiger partial charge in [-0.2, -0.15) is 0 Å². The summed E-state index contributed by atoms with van der Waals surface area (Å²) in [6, 6.07) is 6.00. The average molecular weight is 468 g/mol. The summed E-state index contributed by atoms with van der Waals surface area (Å²) in [6.45, 7) is 3.24. The van der Waals surface area contributed by atoms with Crippen LogP contribution in [0.1, 0.15) is 44.3 Å². The van der Waals surface area contributed by atoms with Crippen LogP contribution < -0.4 is 5.32 Å². The maximum atomic E-state index is 4.51. The van der Waals surface area contributed by atoms with E-state index in [1.165, 1.54) is 38.6 Å². The van der Waals surface area contributed by atoms with E-state index in [9.17, 15) is 0 Å². The lowest BCUT2D eigenvalue weighted by Gasteiger charge is -2.25. The fourth-order valence-electron chi connectivity index (χ4n) is 4.49. The molecule has 26 heavy (non-hydrogen) atoms. The molecule has 1 aliphatic heterocycles. The standard InChI is InChI=1S/C19H28N6.HI/c1-20-18(24-14-11-19(15-24)9-3-4-10-19)21-12-6-8-17-23-22-16-7-2-5-13-25(16)17;/h2,5,7,13H,3-4,6,8-12,14-15H2,1H3,(H,20,21);1H. The first-order valence-corrected chi connectivity index (χ1v) is 9.54. The summed E-state index contributed by atoms with van der Waals surface area (Å²) in [7, 11) is 1.90. The number of guanidine groups is 1. The Morgan fingerprint density at radius 2 is 2.08 bits per heavy atom. The molecule has 3 heterocycles. The number of aliphatic imine (C=N–C) groups is 1. The number of hydrogen-bond acceptors (Lipinski definition) is 3. The van der Waals surface area contributed by atoms with Crippen molar-refractivity contribution in [2.75, 3.05) is 26.7 Å². The lowest BCUT2D eigenvalue weighted by atomic mass is 9.86. The maximum Gasteiger partial charge on any atom is 0.193 e. The molecule has 1 spiro atoms. The smallest absolute Gasteiger partial charge is 0.193 e. The van der Waals surface area contributed by atoms with E-state index in [-0.39, 0.29) is 24.0 Å². The summed E-state index contributed by atoms with van der Waals surface area (Å²) in [6.07, 6.45) is 10.9. The van der Waals surface area contributed by atoms with Gasteiger partial charge in [0.1, 0.15) is 5.82 Å². The fraction of sp³-hybridized carbons (Fsp3) is 0.632. The van der Waals surface area contributed by atoms with Crippen LogP contribution in [0, 0.1) is 5.41 Å². The van der Waals surface area contributed by atoms with E-state index in [1.54, 1.807) is 0 Å². The quantitative estimate of drug-likeness (QED) is 0.324. The Labute approximate surface area is 172 Å². The molecular formula is C19H29IN6. The van der Waals surface area contributed by atoms with Gasteiger partial charge in [-0.05, 0) is 43.2 Å². The van der Waals surface area contributed by atoms with Crippen molar-refractivity contribution in [1.29, 1.82) is 0 Å². The molecule has 0 radical (unpaired) electrons. The predicted molar refractivity (Wildman–Crippen MR) is 115 cm³/mol. The third kappa shape index (κ3) is 3.97. The monoisotopic (exact) mass is 468 g/mol. The van der Waals surface area contributed by atoms with Gasteiger partial charge in [0.2, 0.25) is 0 Å². The van der Waals surface area contributed by atoms with Crippen LogP contribution in [0.4, 0.5) is 0 Å². The lowest BCUT2D eigenvalue weighted by molar-refractivity contribution is 0.309. The number of hydrogen-bond donors (Lipinski definition) is 1. The van der Waals surface area contributed by atoms with Crippen LogP contribution in [0.3, 0.4) is 0 Å². The van der Waals surface area contributed by atoms with Crippen LogP contribution in [-0.4, -0.2) is 52.1 Å². The number of aromatic nitrogens is 3. The second kappa shape index (κ2) is 8.54. The zero-order chi connectivity index (χ0) is 17.1. The summed E-state index contributed by atoms with van der Waals surface area (Å²) in [4.78, 5) is 6.96. The van der Waals surface area contributed by atoms with Crippen LogP contribution in [-0.2, 0) is 6.42 Å². The highest BCUT2D eigenvalue weighted by Gasteiger charge is 2.40. The zero-order valence-electron chi connectivity index (χ0n) is 15.5. The zero-order valence-corrected chi connectivity index (χ0v) is 17.9. The molecule has 1 aliphatic carbocycles. The molecule has 2 aromatic rings. The molecule has 2 aliphatic rings. The molecule has 0 atom stereocenters. The van der Waals surface area contributed by atoms with Gasteiger partial charge in [0.05, 0.1) is 0 Å². The van der Waals surface area contributed by atoms with Crippen molar-refractivity contribution >= 4 is 35.6 Å². The van der Waals surface area contributed by atoms with Gasteiger partial charge in [-0.25, -0.2) is 0 Å². The van der Waals surface area contributed by atoms with Crippen LogP contribution in [0.5, 0.6) is 0 Å². The van der Waals surface area contributed by atoms with E-state index in [1.807, 2.05) is 31.4 Å². The van der Waals surface area contributed by atoms with E-state index in [0.717, 1.165) is 43.4 Å². The molecule has 1 N–H and O–H groups in total. The Morgan fingerprint density at radius 3 is 2.88 bits per heavy atom. The first kappa shape index (κ1) is 19.4. The highest BCUT2D eigenvalue weighted by molar-refractivity contribution is 14.0. The third-order valence-corrected chi connectivity index (χ3v) is 5.86. The van der Waals surface area contributed by atoms with Crippen molar-refractivity contribution < 1.29 is 0 Å². The van der Waals surface area contributed by atoms with Gasteiger partial charge in [0.15, 0.2) is 11.6 Å². The summed E-state index contributed by atoms with van der Waals surface area (Å²) in [5, 5.41) is 12.1. The van der Waals surface area contributed by atoms with Crippen molar-refractivity contribution in [3.05, 3.63) is 30.2 Å². The summed E-state index contributed by atoms with van der Waals surface area (Å²) >= 11 is 0. The third-order valence-electron chi connectivity index (χ3n) is 5.86. The SMILES string of the molecule is CN=C(NCCCc1nnc2ccccn12)N1CCC2(CCCC2)C1.I. The summed E-state index contributed by atoms with van der Waals surface area (Å²) < 4.78 is 2.07. The first-order valence-electron chi connectivity index (χ1n) is 9.54. The molecule has 4 rings (SSSR count). The van der Waals surface area contributed by atoms with Crippen LogP contribution in [0.25, 0.3) is 5.65 Å². The van der Waals surface area contributed by atoms with Gasteiger partial charge in [-0.15, -0.1) is 34.2 Å². The van der Waals surface area contributed by atoms with E-state index in [4.69, 9.17) is 0 Å². The second-order valence-corrected chi connectivity index (χ2v) is 7.50. The normalized spacial score (nSPS) is 19.3. The van der Waals surface area contributed by atoms with Crippen molar-refractivity contribution in [2.24, 2.45) is 10.4 Å². The second-order valence-electron chi connectivity index (χ2n) is 7.50. The topological polar surface area (TPSA) is 57.8 Å². The average Bonchev–Trinajstić information content (AvgIpc) is 3.37. The number of halogens is 1. The summed E-state index contributed by atoms with van der Waals surface area (Å²) in [5.41, 5.74) is 1.50. The molecule has 6 nitrogen and oxygen atoms in total. The minimum atomic E-state index is 0. The Hall–Kier alpha value is -1.38. The number of likely N-dealkylation sites (tertiary alicyclic amines) is 1. The highest BCUT2D eigenvalue weighted by atomic mass is 127. The number of fused-ring (bicyclic) bond motifs is 1. The van der Waals surface area contributed by atoms with Crippen LogP contribution in [0.15, 0.2) is 29.4 Å². The van der Waals surface area contributed by atoms with E-state index >= 15 is 0 Å². The Balaban J connectivity index is 0.00000196. The number of nitrogens with one attached hydrogen (secondary N) is 1. The van der Waals surface area contributed by atoms with E-state index in [0.29, 0.717) is 5.41 Å². The molecule has 142 valence electrons. The molecule has 2 aromatic heterocycles. The van der Waals surface area contributed by atoms with Crippen molar-refractivity contribution in [2.45, 2.75) is 44.9 Å².